The van der Waals surface area contributed by atoms with E-state index in [4.69, 9.17) is 9.47 Å². The molecule has 1 aliphatic heterocycles. The normalized spacial score (nSPS) is 14.7. The number of rotatable bonds is 1. The highest BCUT2D eigenvalue weighted by Crippen LogP contribution is 2.45. The van der Waals surface area contributed by atoms with Crippen LogP contribution >= 0.6 is 11.8 Å². The van der Waals surface area contributed by atoms with Crippen molar-refractivity contribution in [2.75, 3.05) is 13.0 Å². The largest absolute Gasteiger partial charge is 0.454 e. The second kappa shape index (κ2) is 4.93. The fraction of sp³-hybridized carbons (Fsp3) is 0.200. The van der Waals surface area contributed by atoms with Gasteiger partial charge in [0.05, 0.1) is 0 Å². The summed E-state index contributed by atoms with van der Waals surface area (Å²) in [5, 5.41) is 2.51. The number of fused-ring (bicyclic) bond motifs is 5. The Kier molecular flexibility index (Phi) is 2.86. The smallest absolute Gasteiger partial charge is 0.231 e. The molecule has 0 amide bonds. The topological polar surface area (TPSA) is 18.5 Å². The molecule has 0 saturated carbocycles. The van der Waals surface area contributed by atoms with Gasteiger partial charge < -0.3 is 9.47 Å². The van der Waals surface area contributed by atoms with E-state index in [0.29, 0.717) is 6.79 Å². The molecule has 0 fully saturated rings. The quantitative estimate of drug-likeness (QED) is 0.584. The predicted molar refractivity (Wildman–Crippen MR) is 94.7 cm³/mol. The monoisotopic (exact) mass is 320 g/mol. The van der Waals surface area contributed by atoms with Crippen LogP contribution in [0.2, 0.25) is 0 Å². The fourth-order valence-corrected chi connectivity index (χ4v) is 4.64. The Balaban J connectivity index is 1.86. The SMILES string of the molecule is CSc1c2c(cc3cc4c(cc13)OCO4)-c1ccccc1CC2. The summed E-state index contributed by atoms with van der Waals surface area (Å²) in [5.41, 5.74) is 5.68. The van der Waals surface area contributed by atoms with E-state index in [2.05, 4.69) is 48.7 Å². The van der Waals surface area contributed by atoms with Crippen molar-refractivity contribution in [1.82, 2.24) is 0 Å². The van der Waals surface area contributed by atoms with E-state index in [1.165, 1.54) is 37.9 Å². The average Bonchev–Trinajstić information content (AvgIpc) is 3.05. The molecule has 0 N–H and O–H groups in total. The number of benzene rings is 3. The molecule has 3 aromatic carbocycles. The summed E-state index contributed by atoms with van der Waals surface area (Å²) < 4.78 is 11.1. The van der Waals surface area contributed by atoms with E-state index < -0.39 is 0 Å². The highest BCUT2D eigenvalue weighted by atomic mass is 32.2. The molecule has 3 heteroatoms. The van der Waals surface area contributed by atoms with Gasteiger partial charge in [-0.05, 0) is 70.3 Å². The molecule has 0 spiro atoms. The molecule has 5 rings (SSSR count). The molecule has 2 aliphatic rings. The summed E-state index contributed by atoms with van der Waals surface area (Å²) in [6, 6.07) is 15.4. The molecule has 3 aromatic rings. The first-order valence-electron chi connectivity index (χ1n) is 7.86. The Morgan fingerprint density at radius 3 is 2.61 bits per heavy atom. The Labute approximate surface area is 139 Å². The lowest BCUT2D eigenvalue weighted by atomic mass is 9.84. The van der Waals surface area contributed by atoms with Gasteiger partial charge >= 0.3 is 0 Å². The van der Waals surface area contributed by atoms with Crippen molar-refractivity contribution in [2.45, 2.75) is 17.7 Å². The lowest BCUT2D eigenvalue weighted by Gasteiger charge is -2.23. The first-order chi connectivity index (χ1) is 11.3. The number of hydrogen-bond acceptors (Lipinski definition) is 3. The highest BCUT2D eigenvalue weighted by Gasteiger charge is 2.23. The van der Waals surface area contributed by atoms with Gasteiger partial charge in [-0.15, -0.1) is 11.8 Å². The number of hydrogen-bond donors (Lipinski definition) is 0. The van der Waals surface area contributed by atoms with E-state index in [-0.39, 0.29) is 0 Å². The molecule has 23 heavy (non-hydrogen) atoms. The minimum Gasteiger partial charge on any atom is -0.454 e. The third-order valence-electron chi connectivity index (χ3n) is 4.84. The van der Waals surface area contributed by atoms with Crippen molar-refractivity contribution < 1.29 is 9.47 Å². The second-order valence-electron chi connectivity index (χ2n) is 6.02. The van der Waals surface area contributed by atoms with E-state index in [0.717, 1.165) is 24.3 Å². The summed E-state index contributed by atoms with van der Waals surface area (Å²) in [5.74, 6) is 1.72. The van der Waals surface area contributed by atoms with Crippen LogP contribution in [0.3, 0.4) is 0 Å². The van der Waals surface area contributed by atoms with Crippen LogP contribution in [0.4, 0.5) is 0 Å². The summed E-state index contributed by atoms with van der Waals surface area (Å²) in [4.78, 5) is 1.38. The van der Waals surface area contributed by atoms with Gasteiger partial charge in [0.25, 0.3) is 0 Å². The van der Waals surface area contributed by atoms with Gasteiger partial charge in [-0.25, -0.2) is 0 Å². The standard InChI is InChI=1S/C20H16O2S/c1-23-20-15-7-6-12-4-2-3-5-14(12)17(15)8-13-9-18-19(10-16(13)20)22-11-21-18/h2-5,8-10H,6-7,11H2,1H3. The van der Waals surface area contributed by atoms with E-state index in [1.807, 2.05) is 11.8 Å². The van der Waals surface area contributed by atoms with Crippen molar-refractivity contribution in [1.29, 1.82) is 0 Å². The van der Waals surface area contributed by atoms with Crippen molar-refractivity contribution >= 4 is 22.5 Å². The molecule has 0 radical (unpaired) electrons. The third-order valence-corrected chi connectivity index (χ3v) is 5.72. The molecule has 0 aromatic heterocycles. The van der Waals surface area contributed by atoms with Crippen LogP contribution in [-0.4, -0.2) is 13.0 Å². The van der Waals surface area contributed by atoms with E-state index >= 15 is 0 Å². The van der Waals surface area contributed by atoms with Crippen LogP contribution in [0.25, 0.3) is 21.9 Å². The minimum atomic E-state index is 0.322. The Hall–Kier alpha value is -2.13. The molecule has 0 saturated heterocycles. The Bertz CT molecular complexity index is 946. The van der Waals surface area contributed by atoms with E-state index in [9.17, 15) is 0 Å². The van der Waals surface area contributed by atoms with Gasteiger partial charge in [-0.1, -0.05) is 24.3 Å². The van der Waals surface area contributed by atoms with Gasteiger partial charge in [-0.3, -0.25) is 0 Å². The predicted octanol–water partition coefficient (Wildman–Crippen LogP) is 5.06. The lowest BCUT2D eigenvalue weighted by molar-refractivity contribution is 0.174. The molecular formula is C20H16O2S. The van der Waals surface area contributed by atoms with Gasteiger partial charge in [0, 0.05) is 4.90 Å². The molecule has 114 valence electrons. The van der Waals surface area contributed by atoms with Crippen LogP contribution in [0.1, 0.15) is 11.1 Å². The zero-order valence-corrected chi connectivity index (χ0v) is 13.7. The molecule has 1 heterocycles. The number of thioether (sulfide) groups is 1. The third kappa shape index (κ3) is 1.89. The van der Waals surface area contributed by atoms with Crippen molar-refractivity contribution in [3.05, 3.63) is 53.6 Å². The number of aryl methyl sites for hydroxylation is 1. The summed E-state index contributed by atoms with van der Waals surface area (Å²) in [7, 11) is 0. The maximum atomic E-state index is 5.57. The molecule has 0 unspecified atom stereocenters. The summed E-state index contributed by atoms with van der Waals surface area (Å²) in [6.07, 6.45) is 4.39. The van der Waals surface area contributed by atoms with Crippen molar-refractivity contribution in [3.8, 4) is 22.6 Å². The molecule has 0 atom stereocenters. The Morgan fingerprint density at radius 1 is 0.913 bits per heavy atom. The van der Waals surface area contributed by atoms with Crippen LogP contribution < -0.4 is 9.47 Å². The van der Waals surface area contributed by atoms with Crippen LogP contribution in [-0.2, 0) is 12.8 Å². The van der Waals surface area contributed by atoms with Gasteiger partial charge in [0.15, 0.2) is 11.5 Å². The number of ether oxygens (including phenoxy) is 2. The zero-order valence-electron chi connectivity index (χ0n) is 12.9. The average molecular weight is 320 g/mol. The molecule has 2 nitrogen and oxygen atoms in total. The maximum Gasteiger partial charge on any atom is 0.231 e. The van der Waals surface area contributed by atoms with Gasteiger partial charge in [0.2, 0.25) is 6.79 Å². The van der Waals surface area contributed by atoms with Crippen molar-refractivity contribution in [3.63, 3.8) is 0 Å². The van der Waals surface area contributed by atoms with Crippen LogP contribution in [0, 0.1) is 0 Å². The van der Waals surface area contributed by atoms with Crippen LogP contribution in [0.5, 0.6) is 11.5 Å². The zero-order chi connectivity index (χ0) is 15.4. The summed E-state index contributed by atoms with van der Waals surface area (Å²) >= 11 is 1.84. The fourth-order valence-electron chi connectivity index (χ4n) is 3.78. The minimum absolute atomic E-state index is 0.322. The maximum absolute atomic E-state index is 5.57. The lowest BCUT2D eigenvalue weighted by Crippen LogP contribution is -2.05. The second-order valence-corrected chi connectivity index (χ2v) is 6.84. The highest BCUT2D eigenvalue weighted by molar-refractivity contribution is 7.98. The molecule has 1 aliphatic carbocycles. The Morgan fingerprint density at radius 2 is 1.74 bits per heavy atom. The first kappa shape index (κ1) is 13.3. The van der Waals surface area contributed by atoms with E-state index in [1.54, 1.807) is 0 Å². The summed E-state index contributed by atoms with van der Waals surface area (Å²) in [6.45, 7) is 0.322. The van der Waals surface area contributed by atoms with Gasteiger partial charge in [-0.2, -0.15) is 0 Å². The molecule has 0 bridgehead atoms. The van der Waals surface area contributed by atoms with Crippen molar-refractivity contribution in [2.24, 2.45) is 0 Å². The first-order valence-corrected chi connectivity index (χ1v) is 9.09. The van der Waals surface area contributed by atoms with Crippen LogP contribution in [0.15, 0.2) is 47.4 Å². The van der Waals surface area contributed by atoms with Gasteiger partial charge in [0.1, 0.15) is 0 Å². The molecular weight excluding hydrogens is 304 g/mol.